The fourth-order valence-electron chi connectivity index (χ4n) is 2.39. The zero-order valence-corrected chi connectivity index (χ0v) is 13.8. The summed E-state index contributed by atoms with van der Waals surface area (Å²) in [5, 5.41) is 5.59. The first-order chi connectivity index (χ1) is 11.0. The van der Waals surface area contributed by atoms with E-state index in [9.17, 15) is 9.59 Å². The van der Waals surface area contributed by atoms with Crippen LogP contribution in [0.1, 0.15) is 20.8 Å². The Bertz CT molecular complexity index is 528. The van der Waals surface area contributed by atoms with E-state index in [4.69, 9.17) is 0 Å². The van der Waals surface area contributed by atoms with Crippen molar-refractivity contribution in [3.63, 3.8) is 0 Å². The Labute approximate surface area is 136 Å². The van der Waals surface area contributed by atoms with E-state index in [1.807, 2.05) is 20.8 Å². The third-order valence-corrected chi connectivity index (χ3v) is 3.74. The van der Waals surface area contributed by atoms with Gasteiger partial charge in [-0.3, -0.25) is 15.0 Å². The largest absolute Gasteiger partial charge is 0.336 e. The van der Waals surface area contributed by atoms with Crippen LogP contribution in [0.5, 0.6) is 0 Å². The summed E-state index contributed by atoms with van der Waals surface area (Å²) < 4.78 is 0. The standard InChI is InChI=1S/C15H24N6O2/c1-11(2)18-15(23)21-9-7-20(8-10-21)12(3)13(22)19-14-16-5-4-6-17-14/h4-6,11-12H,7-10H2,1-3H3,(H,18,23)(H,16,17,19,22)/t12-/m0/s1. The topological polar surface area (TPSA) is 90.5 Å². The Kier molecular flexibility index (Phi) is 5.86. The van der Waals surface area contributed by atoms with Gasteiger partial charge in [-0.15, -0.1) is 0 Å². The van der Waals surface area contributed by atoms with Gasteiger partial charge >= 0.3 is 6.03 Å². The lowest BCUT2D eigenvalue weighted by Crippen LogP contribution is -2.56. The highest BCUT2D eigenvalue weighted by Crippen LogP contribution is 2.08. The number of rotatable bonds is 4. The number of urea groups is 1. The van der Waals surface area contributed by atoms with Crippen LogP contribution in [0.4, 0.5) is 10.7 Å². The fraction of sp³-hybridized carbons (Fsp3) is 0.600. The molecule has 1 aliphatic heterocycles. The molecule has 0 unspecified atom stereocenters. The number of carbonyl (C=O) groups is 2. The molecule has 1 atom stereocenters. The van der Waals surface area contributed by atoms with Gasteiger partial charge in [-0.1, -0.05) is 0 Å². The second-order valence-electron chi connectivity index (χ2n) is 5.86. The molecule has 8 heteroatoms. The van der Waals surface area contributed by atoms with Gasteiger partial charge < -0.3 is 10.2 Å². The van der Waals surface area contributed by atoms with Crippen LogP contribution < -0.4 is 10.6 Å². The van der Waals surface area contributed by atoms with Crippen LogP contribution in [-0.4, -0.2) is 70.0 Å². The second kappa shape index (κ2) is 7.87. The molecule has 2 rings (SSSR count). The molecule has 0 radical (unpaired) electrons. The van der Waals surface area contributed by atoms with Crippen LogP contribution in [0.25, 0.3) is 0 Å². The van der Waals surface area contributed by atoms with Gasteiger partial charge in [0.25, 0.3) is 0 Å². The third kappa shape index (κ3) is 4.88. The van der Waals surface area contributed by atoms with E-state index < -0.39 is 0 Å². The molecule has 1 aromatic heterocycles. The van der Waals surface area contributed by atoms with Crippen molar-refractivity contribution in [1.82, 2.24) is 25.1 Å². The molecule has 1 aliphatic rings. The fourth-order valence-corrected chi connectivity index (χ4v) is 2.39. The van der Waals surface area contributed by atoms with E-state index >= 15 is 0 Å². The molecule has 126 valence electrons. The number of nitrogens with zero attached hydrogens (tertiary/aromatic N) is 4. The highest BCUT2D eigenvalue weighted by Gasteiger charge is 2.27. The number of amides is 3. The molecule has 0 aliphatic carbocycles. The van der Waals surface area contributed by atoms with Crippen LogP contribution in [0.2, 0.25) is 0 Å². The van der Waals surface area contributed by atoms with Gasteiger partial charge in [-0.05, 0) is 26.8 Å². The van der Waals surface area contributed by atoms with E-state index in [0.717, 1.165) is 0 Å². The quantitative estimate of drug-likeness (QED) is 0.845. The zero-order valence-electron chi connectivity index (χ0n) is 13.8. The first-order valence-corrected chi connectivity index (χ1v) is 7.84. The summed E-state index contributed by atoms with van der Waals surface area (Å²) in [6.07, 6.45) is 3.17. The number of aromatic nitrogens is 2. The average molecular weight is 320 g/mol. The van der Waals surface area contributed by atoms with Crippen molar-refractivity contribution in [1.29, 1.82) is 0 Å². The minimum Gasteiger partial charge on any atom is -0.336 e. The molecule has 2 heterocycles. The minimum atomic E-state index is -0.297. The number of hydrogen-bond acceptors (Lipinski definition) is 5. The van der Waals surface area contributed by atoms with Crippen LogP contribution in [-0.2, 0) is 4.79 Å². The third-order valence-electron chi connectivity index (χ3n) is 3.74. The van der Waals surface area contributed by atoms with Crippen LogP contribution in [0, 0.1) is 0 Å². The number of hydrogen-bond donors (Lipinski definition) is 2. The Morgan fingerprint density at radius 1 is 1.09 bits per heavy atom. The molecular formula is C15H24N6O2. The van der Waals surface area contributed by atoms with Crippen molar-refractivity contribution < 1.29 is 9.59 Å². The maximum absolute atomic E-state index is 12.2. The number of anilines is 1. The molecule has 0 bridgehead atoms. The van der Waals surface area contributed by atoms with Crippen LogP contribution in [0.15, 0.2) is 18.5 Å². The highest BCUT2D eigenvalue weighted by molar-refractivity contribution is 5.93. The van der Waals surface area contributed by atoms with Crippen molar-refractivity contribution >= 4 is 17.9 Å². The molecule has 1 saturated heterocycles. The van der Waals surface area contributed by atoms with E-state index in [1.54, 1.807) is 23.4 Å². The molecule has 23 heavy (non-hydrogen) atoms. The Hall–Kier alpha value is -2.22. The molecular weight excluding hydrogens is 296 g/mol. The maximum Gasteiger partial charge on any atom is 0.317 e. The molecule has 1 fully saturated rings. The first kappa shape index (κ1) is 17.1. The lowest BCUT2D eigenvalue weighted by atomic mass is 10.2. The van der Waals surface area contributed by atoms with Gasteiger partial charge in [0.05, 0.1) is 6.04 Å². The van der Waals surface area contributed by atoms with E-state index in [-0.39, 0.29) is 24.0 Å². The van der Waals surface area contributed by atoms with Gasteiger partial charge in [0, 0.05) is 44.6 Å². The van der Waals surface area contributed by atoms with Gasteiger partial charge in [0.15, 0.2) is 0 Å². The number of carbonyl (C=O) groups excluding carboxylic acids is 2. The lowest BCUT2D eigenvalue weighted by Gasteiger charge is -2.37. The van der Waals surface area contributed by atoms with E-state index in [1.165, 1.54) is 0 Å². The van der Waals surface area contributed by atoms with E-state index in [2.05, 4.69) is 25.5 Å². The summed E-state index contributed by atoms with van der Waals surface area (Å²) in [4.78, 5) is 36.0. The van der Waals surface area contributed by atoms with Gasteiger partial charge in [0.2, 0.25) is 11.9 Å². The van der Waals surface area contributed by atoms with Crippen LogP contribution >= 0.6 is 0 Å². The predicted molar refractivity (Wildman–Crippen MR) is 86.9 cm³/mol. The van der Waals surface area contributed by atoms with Gasteiger partial charge in [0.1, 0.15) is 0 Å². The first-order valence-electron chi connectivity index (χ1n) is 7.84. The molecule has 0 saturated carbocycles. The molecule has 3 amide bonds. The molecule has 8 nitrogen and oxygen atoms in total. The minimum absolute atomic E-state index is 0.0468. The molecule has 2 N–H and O–H groups in total. The molecule has 1 aromatic rings. The number of nitrogens with one attached hydrogen (secondary N) is 2. The Morgan fingerprint density at radius 2 is 1.70 bits per heavy atom. The summed E-state index contributed by atoms with van der Waals surface area (Å²) >= 11 is 0. The smallest absolute Gasteiger partial charge is 0.317 e. The van der Waals surface area contributed by atoms with Gasteiger partial charge in [-0.2, -0.15) is 0 Å². The number of piperazine rings is 1. The lowest BCUT2D eigenvalue weighted by molar-refractivity contribution is -0.121. The summed E-state index contributed by atoms with van der Waals surface area (Å²) in [5.74, 6) is 0.163. The highest BCUT2D eigenvalue weighted by atomic mass is 16.2. The Morgan fingerprint density at radius 3 is 2.26 bits per heavy atom. The summed E-state index contributed by atoms with van der Waals surface area (Å²) in [7, 11) is 0. The van der Waals surface area contributed by atoms with Crippen molar-refractivity contribution in [3.8, 4) is 0 Å². The van der Waals surface area contributed by atoms with Gasteiger partial charge in [-0.25, -0.2) is 14.8 Å². The predicted octanol–water partition coefficient (Wildman–Crippen LogP) is 0.539. The average Bonchev–Trinajstić information content (AvgIpc) is 2.54. The molecule has 0 aromatic carbocycles. The zero-order chi connectivity index (χ0) is 16.8. The van der Waals surface area contributed by atoms with E-state index in [0.29, 0.717) is 32.1 Å². The Balaban J connectivity index is 1.82. The summed E-state index contributed by atoms with van der Waals surface area (Å²) in [5.41, 5.74) is 0. The van der Waals surface area contributed by atoms with Crippen molar-refractivity contribution in [2.75, 3.05) is 31.5 Å². The van der Waals surface area contributed by atoms with Crippen molar-refractivity contribution in [2.24, 2.45) is 0 Å². The SMILES string of the molecule is CC(C)NC(=O)N1CCN([C@@H](C)C(=O)Nc2ncccn2)CC1. The monoisotopic (exact) mass is 320 g/mol. The normalized spacial score (nSPS) is 17.0. The second-order valence-corrected chi connectivity index (χ2v) is 5.86. The van der Waals surface area contributed by atoms with Crippen molar-refractivity contribution in [2.45, 2.75) is 32.9 Å². The summed E-state index contributed by atoms with van der Waals surface area (Å²) in [6.45, 7) is 8.27. The van der Waals surface area contributed by atoms with Crippen molar-refractivity contribution in [3.05, 3.63) is 18.5 Å². The maximum atomic E-state index is 12.2. The molecule has 0 spiro atoms. The summed E-state index contributed by atoms with van der Waals surface area (Å²) in [6, 6.07) is 1.47. The van der Waals surface area contributed by atoms with Crippen LogP contribution in [0.3, 0.4) is 0 Å².